The van der Waals surface area contributed by atoms with Crippen LogP contribution in [0.15, 0.2) is 0 Å². The molecule has 0 radical (unpaired) electrons. The number of esters is 2. The molecule has 10 atom stereocenters. The van der Waals surface area contributed by atoms with Crippen molar-refractivity contribution in [3.8, 4) is 0 Å². The number of fused-ring (bicyclic) bond motifs is 5. The monoisotopic (exact) mass is 524 g/mol. The van der Waals surface area contributed by atoms with Crippen LogP contribution in [0, 0.1) is 46.3 Å². The van der Waals surface area contributed by atoms with E-state index < -0.39 is 0 Å². The number of Topliss-reactive ketones (excluding diaryl/α,β-unsaturated/α-hetero) is 1. The maximum atomic E-state index is 14.1. The lowest BCUT2D eigenvalue weighted by atomic mass is 9.44. The zero-order valence-corrected chi connectivity index (χ0v) is 22.5. The van der Waals surface area contributed by atoms with Gasteiger partial charge in [0.05, 0.1) is 11.9 Å². The van der Waals surface area contributed by atoms with E-state index in [2.05, 4.69) is 36.7 Å². The largest absolute Gasteiger partial charge is 0.469 e. The minimum atomic E-state index is -0.316. The van der Waals surface area contributed by atoms with Gasteiger partial charge in [-0.25, -0.2) is 0 Å². The zero-order chi connectivity index (χ0) is 24.1. The highest BCUT2D eigenvalue weighted by atomic mass is 79.9. The van der Waals surface area contributed by atoms with E-state index in [1.807, 2.05) is 0 Å². The maximum Gasteiger partial charge on any atom is 0.305 e. The molecule has 0 spiro atoms. The summed E-state index contributed by atoms with van der Waals surface area (Å²) in [6.45, 7) is 8.37. The van der Waals surface area contributed by atoms with Crippen molar-refractivity contribution in [3.63, 3.8) is 0 Å². The van der Waals surface area contributed by atoms with E-state index in [1.54, 1.807) is 0 Å². The van der Waals surface area contributed by atoms with Crippen molar-refractivity contribution in [2.75, 3.05) is 7.11 Å². The molecular weight excluding hydrogens is 484 g/mol. The Bertz CT molecular complexity index is 797. The Hall–Kier alpha value is -0.910. The lowest BCUT2D eigenvalue weighted by Gasteiger charge is -2.62. The fourth-order valence-electron chi connectivity index (χ4n) is 8.92. The molecule has 4 fully saturated rings. The summed E-state index contributed by atoms with van der Waals surface area (Å²) in [6.07, 6.45) is 8.62. The number of hydrogen-bond acceptors (Lipinski definition) is 5. The van der Waals surface area contributed by atoms with Crippen LogP contribution in [-0.4, -0.2) is 35.8 Å². The quantitative estimate of drug-likeness (QED) is 0.339. The number of rotatable bonds is 5. The number of hydrogen-bond donors (Lipinski definition) is 0. The van der Waals surface area contributed by atoms with Gasteiger partial charge in [-0.3, -0.25) is 14.4 Å². The second kappa shape index (κ2) is 9.28. The third kappa shape index (κ3) is 4.10. The second-order valence-corrected chi connectivity index (χ2v) is 12.9. The summed E-state index contributed by atoms with van der Waals surface area (Å²) < 4.78 is 10.4. The summed E-state index contributed by atoms with van der Waals surface area (Å²) in [5.41, 5.74) is -0.206. The van der Waals surface area contributed by atoms with Crippen LogP contribution in [0.1, 0.15) is 85.5 Å². The van der Waals surface area contributed by atoms with Gasteiger partial charge in [0, 0.05) is 18.8 Å². The lowest BCUT2D eigenvalue weighted by Crippen LogP contribution is -2.62. The Morgan fingerprint density at radius 2 is 1.88 bits per heavy atom. The molecule has 0 N–H and O–H groups in total. The molecule has 186 valence electrons. The molecule has 0 heterocycles. The lowest BCUT2D eigenvalue weighted by molar-refractivity contribution is -0.165. The van der Waals surface area contributed by atoms with Gasteiger partial charge in [-0.05, 0) is 92.3 Å². The van der Waals surface area contributed by atoms with Gasteiger partial charge in [-0.2, -0.15) is 0 Å². The van der Waals surface area contributed by atoms with Gasteiger partial charge in [0.2, 0.25) is 0 Å². The summed E-state index contributed by atoms with van der Waals surface area (Å²) in [6, 6.07) is 0. The third-order valence-electron chi connectivity index (χ3n) is 10.5. The summed E-state index contributed by atoms with van der Waals surface area (Å²) >= 11 is 3.96. The molecule has 0 bridgehead atoms. The fourth-order valence-corrected chi connectivity index (χ4v) is 10.4. The van der Waals surface area contributed by atoms with Crippen LogP contribution < -0.4 is 0 Å². The average Bonchev–Trinajstić information content (AvgIpc) is 3.13. The number of alkyl halides is 1. The van der Waals surface area contributed by atoms with E-state index in [0.29, 0.717) is 47.7 Å². The van der Waals surface area contributed by atoms with Crippen molar-refractivity contribution >= 4 is 33.7 Å². The average molecular weight is 526 g/mol. The molecule has 0 aromatic heterocycles. The summed E-state index contributed by atoms with van der Waals surface area (Å²) in [5, 5.41) is 0. The topological polar surface area (TPSA) is 69.7 Å². The smallest absolute Gasteiger partial charge is 0.305 e. The Morgan fingerprint density at radius 1 is 1.15 bits per heavy atom. The minimum absolute atomic E-state index is 0.0296. The van der Waals surface area contributed by atoms with E-state index in [9.17, 15) is 14.4 Å². The first-order chi connectivity index (χ1) is 15.5. The molecule has 0 aliphatic heterocycles. The van der Waals surface area contributed by atoms with Crippen LogP contribution in [0.2, 0.25) is 0 Å². The van der Waals surface area contributed by atoms with Crippen molar-refractivity contribution in [1.29, 1.82) is 0 Å². The van der Waals surface area contributed by atoms with E-state index >= 15 is 0 Å². The predicted octanol–water partition coefficient (Wildman–Crippen LogP) is 5.72. The van der Waals surface area contributed by atoms with Gasteiger partial charge in [-0.1, -0.05) is 36.7 Å². The molecule has 0 unspecified atom stereocenters. The first-order valence-corrected chi connectivity index (χ1v) is 13.9. The van der Waals surface area contributed by atoms with Crippen LogP contribution in [0.25, 0.3) is 0 Å². The highest BCUT2D eigenvalue weighted by Gasteiger charge is 2.66. The molecule has 0 aromatic carbocycles. The number of ketones is 1. The molecular formula is C27H41BrO5. The van der Waals surface area contributed by atoms with Crippen LogP contribution in [0.4, 0.5) is 0 Å². The highest BCUT2D eigenvalue weighted by molar-refractivity contribution is 9.10. The van der Waals surface area contributed by atoms with Crippen molar-refractivity contribution in [3.05, 3.63) is 0 Å². The Morgan fingerprint density at radius 3 is 2.55 bits per heavy atom. The summed E-state index contributed by atoms with van der Waals surface area (Å²) in [7, 11) is 1.44. The molecule has 0 saturated heterocycles. The van der Waals surface area contributed by atoms with Gasteiger partial charge in [0.1, 0.15) is 6.10 Å². The standard InChI is InChI=1S/C27H41BrO5/c1-15(6-11-22(30)32-5)20-9-10-21-19-8-7-17-14-18(33-16(2)29)12-13-26(17,3)23(19)24(28)25(31)27(20,21)4/h15,17-21,23-24H,6-14H2,1-5H3/t15-,17+,18+,19-,20-,21+,23+,24-,26-,27-/m0/s1. The van der Waals surface area contributed by atoms with Crippen LogP contribution in [0.5, 0.6) is 0 Å². The normalized spacial score (nSPS) is 45.4. The van der Waals surface area contributed by atoms with E-state index in [4.69, 9.17) is 9.47 Å². The molecule has 4 rings (SSSR count). The first-order valence-electron chi connectivity index (χ1n) is 13.0. The van der Waals surface area contributed by atoms with E-state index in [-0.39, 0.29) is 33.7 Å². The van der Waals surface area contributed by atoms with Crippen molar-refractivity contribution in [1.82, 2.24) is 0 Å². The zero-order valence-electron chi connectivity index (χ0n) is 20.9. The number of carbonyl (C=O) groups excluding carboxylic acids is 3. The molecule has 6 heteroatoms. The van der Waals surface area contributed by atoms with Gasteiger partial charge in [-0.15, -0.1) is 0 Å². The van der Waals surface area contributed by atoms with Crippen molar-refractivity contribution in [2.45, 2.75) is 96.4 Å². The molecule has 4 aliphatic carbocycles. The van der Waals surface area contributed by atoms with Crippen molar-refractivity contribution < 1.29 is 23.9 Å². The Balaban J connectivity index is 1.55. The molecule has 33 heavy (non-hydrogen) atoms. The van der Waals surface area contributed by atoms with E-state index in [0.717, 1.165) is 44.9 Å². The number of methoxy groups -OCH3 is 1. The first kappa shape index (κ1) is 25.2. The molecule has 4 aliphatic rings. The van der Waals surface area contributed by atoms with Crippen LogP contribution in [0.3, 0.4) is 0 Å². The third-order valence-corrected chi connectivity index (χ3v) is 11.5. The van der Waals surface area contributed by atoms with E-state index in [1.165, 1.54) is 20.5 Å². The number of halogens is 1. The number of ether oxygens (including phenoxy) is 2. The highest BCUT2D eigenvalue weighted by Crippen LogP contribution is 2.68. The Labute approximate surface area is 207 Å². The molecule has 4 saturated carbocycles. The summed E-state index contributed by atoms with van der Waals surface area (Å²) in [4.78, 5) is 37.2. The second-order valence-electron chi connectivity index (χ2n) is 11.9. The van der Waals surface area contributed by atoms with Gasteiger partial charge in [0.15, 0.2) is 5.78 Å². The molecule has 0 amide bonds. The molecule has 5 nitrogen and oxygen atoms in total. The van der Waals surface area contributed by atoms with Crippen LogP contribution >= 0.6 is 15.9 Å². The maximum absolute atomic E-state index is 14.1. The summed E-state index contributed by atoms with van der Waals surface area (Å²) in [5.74, 6) is 2.54. The van der Waals surface area contributed by atoms with Gasteiger partial charge in [0.25, 0.3) is 0 Å². The number of carbonyl (C=O) groups is 3. The minimum Gasteiger partial charge on any atom is -0.469 e. The molecule has 0 aromatic rings. The Kier molecular flexibility index (Phi) is 7.08. The van der Waals surface area contributed by atoms with Crippen molar-refractivity contribution in [2.24, 2.45) is 46.3 Å². The van der Waals surface area contributed by atoms with Crippen LogP contribution in [-0.2, 0) is 23.9 Å². The predicted molar refractivity (Wildman–Crippen MR) is 130 cm³/mol. The SMILES string of the molecule is COC(=O)CC[C@H](C)[C@@H]1CC[C@@H]2[C@@H]3CC[C@@H]4C[C@H](OC(C)=O)CC[C@]4(C)[C@H]3[C@H](Br)C(=O)[C@]21C. The fraction of sp³-hybridized carbons (Fsp3) is 0.889. The van der Waals surface area contributed by atoms with Gasteiger partial charge < -0.3 is 9.47 Å². The van der Waals surface area contributed by atoms with Gasteiger partial charge >= 0.3 is 11.9 Å².